The highest BCUT2D eigenvalue weighted by Crippen LogP contribution is 2.31. The van der Waals surface area contributed by atoms with Crippen LogP contribution in [0.25, 0.3) is 0 Å². The quantitative estimate of drug-likeness (QED) is 0.642. The van der Waals surface area contributed by atoms with Crippen LogP contribution in [-0.4, -0.2) is 62.9 Å². The van der Waals surface area contributed by atoms with Gasteiger partial charge in [-0.1, -0.05) is 47.5 Å². The maximum atomic E-state index is 12.9. The fraction of sp³-hybridized carbons (Fsp3) is 0.316. The highest BCUT2D eigenvalue weighted by molar-refractivity contribution is 7.89. The molecule has 0 saturated carbocycles. The Bertz CT molecular complexity index is 910. The molecule has 0 spiro atoms. The first-order chi connectivity index (χ1) is 13.4. The van der Waals surface area contributed by atoms with Gasteiger partial charge in [-0.05, 0) is 24.3 Å². The van der Waals surface area contributed by atoms with Gasteiger partial charge in [0.25, 0.3) is 0 Å². The van der Waals surface area contributed by atoms with Crippen molar-refractivity contribution in [3.05, 3.63) is 64.1 Å². The Morgan fingerprint density at radius 2 is 1.54 bits per heavy atom. The molecule has 0 aliphatic carbocycles. The van der Waals surface area contributed by atoms with Crippen molar-refractivity contribution >= 4 is 39.2 Å². The minimum absolute atomic E-state index is 0.0522. The van der Waals surface area contributed by atoms with Crippen molar-refractivity contribution in [1.29, 1.82) is 0 Å². The average Bonchev–Trinajstić information content (AvgIpc) is 2.68. The molecular weight excluding hydrogens is 423 g/mol. The van der Waals surface area contributed by atoms with Crippen molar-refractivity contribution in [2.24, 2.45) is 0 Å². The molecule has 0 atom stereocenters. The Morgan fingerprint density at radius 3 is 2.14 bits per heavy atom. The highest BCUT2D eigenvalue weighted by Gasteiger charge is 2.31. The molecule has 0 amide bonds. The van der Waals surface area contributed by atoms with Crippen LogP contribution >= 0.6 is 23.2 Å². The van der Waals surface area contributed by atoms with Gasteiger partial charge in [0.05, 0.1) is 15.6 Å². The van der Waals surface area contributed by atoms with Crippen LogP contribution in [-0.2, 0) is 14.8 Å². The van der Waals surface area contributed by atoms with Crippen molar-refractivity contribution in [2.45, 2.75) is 4.90 Å². The van der Waals surface area contributed by atoms with E-state index >= 15 is 0 Å². The maximum absolute atomic E-state index is 12.9. The van der Waals surface area contributed by atoms with E-state index < -0.39 is 10.0 Å². The van der Waals surface area contributed by atoms with Gasteiger partial charge < -0.3 is 4.74 Å². The van der Waals surface area contributed by atoms with E-state index in [1.807, 2.05) is 6.07 Å². The number of carbonyl (C=O) groups is 1. The van der Waals surface area contributed by atoms with Crippen molar-refractivity contribution in [3.63, 3.8) is 0 Å². The normalized spacial score (nSPS) is 16.1. The van der Waals surface area contributed by atoms with E-state index in [1.54, 1.807) is 30.3 Å². The summed E-state index contributed by atoms with van der Waals surface area (Å²) in [4.78, 5) is 13.9. The van der Waals surface area contributed by atoms with Gasteiger partial charge in [-0.25, -0.2) is 13.2 Å². The first kappa shape index (κ1) is 21.1. The lowest BCUT2D eigenvalue weighted by molar-refractivity contribution is 0.0445. The predicted octanol–water partition coefficient (Wildman–Crippen LogP) is 3.16. The molecule has 0 N–H and O–H groups in total. The Kier molecular flexibility index (Phi) is 6.95. The summed E-state index contributed by atoms with van der Waals surface area (Å²) in [5.74, 6) is -0.366. The molecule has 3 rings (SSSR count). The third-order valence-corrected chi connectivity index (χ3v) is 7.35. The van der Waals surface area contributed by atoms with Gasteiger partial charge in [0.1, 0.15) is 11.5 Å². The van der Waals surface area contributed by atoms with Crippen LogP contribution in [0.5, 0.6) is 0 Å². The number of hydrogen-bond donors (Lipinski definition) is 0. The molecule has 150 valence electrons. The zero-order valence-electron chi connectivity index (χ0n) is 15.1. The fourth-order valence-corrected chi connectivity index (χ4v) is 5.49. The zero-order chi connectivity index (χ0) is 20.1. The summed E-state index contributed by atoms with van der Waals surface area (Å²) in [5.41, 5.74) is 0.509. The van der Waals surface area contributed by atoms with Crippen LogP contribution in [0.3, 0.4) is 0 Å². The fourth-order valence-electron chi connectivity index (χ4n) is 2.98. The lowest BCUT2D eigenvalue weighted by Crippen LogP contribution is -2.49. The molecule has 0 aromatic heterocycles. The summed E-state index contributed by atoms with van der Waals surface area (Å²) in [5, 5.41) is 0.227. The van der Waals surface area contributed by atoms with E-state index in [-0.39, 0.29) is 27.5 Å². The molecule has 1 aliphatic heterocycles. The summed E-state index contributed by atoms with van der Waals surface area (Å²) >= 11 is 12.1. The molecule has 9 heteroatoms. The smallest absolute Gasteiger partial charge is 0.338 e. The summed E-state index contributed by atoms with van der Waals surface area (Å²) in [7, 11) is -3.76. The summed E-state index contributed by atoms with van der Waals surface area (Å²) in [6.07, 6.45) is 0. The number of esters is 1. The monoisotopic (exact) mass is 442 g/mol. The largest absolute Gasteiger partial charge is 0.461 e. The van der Waals surface area contributed by atoms with Crippen molar-refractivity contribution < 1.29 is 17.9 Å². The van der Waals surface area contributed by atoms with Crippen molar-refractivity contribution in [2.75, 3.05) is 39.3 Å². The average molecular weight is 443 g/mol. The van der Waals surface area contributed by atoms with Crippen LogP contribution in [0.4, 0.5) is 0 Å². The van der Waals surface area contributed by atoms with E-state index in [0.29, 0.717) is 38.3 Å². The number of halogens is 2. The lowest BCUT2D eigenvalue weighted by atomic mass is 10.2. The number of ether oxygens (including phenoxy) is 1. The second-order valence-electron chi connectivity index (χ2n) is 6.30. The molecule has 28 heavy (non-hydrogen) atoms. The Labute approximate surface area is 174 Å². The van der Waals surface area contributed by atoms with E-state index in [4.69, 9.17) is 27.9 Å². The standard InChI is InChI=1S/C19H20Cl2N2O4S/c20-16-7-4-8-17(21)18(16)28(25,26)23-11-9-22(10-12-23)13-14-27-19(24)15-5-2-1-3-6-15/h1-8H,9-14H2. The molecule has 2 aromatic carbocycles. The lowest BCUT2D eigenvalue weighted by Gasteiger charge is -2.34. The molecule has 0 bridgehead atoms. The Hall–Kier alpha value is -1.64. The maximum Gasteiger partial charge on any atom is 0.338 e. The molecule has 1 fully saturated rings. The molecule has 0 radical (unpaired) electrons. The number of benzene rings is 2. The molecule has 1 aliphatic rings. The molecular formula is C19H20Cl2N2O4S. The topological polar surface area (TPSA) is 66.9 Å². The van der Waals surface area contributed by atoms with Crippen molar-refractivity contribution in [1.82, 2.24) is 9.21 Å². The summed E-state index contributed by atoms with van der Waals surface area (Å²) < 4.78 is 32.4. The number of nitrogens with zero attached hydrogens (tertiary/aromatic N) is 2. The molecule has 1 heterocycles. The first-order valence-corrected chi connectivity index (χ1v) is 11.0. The van der Waals surface area contributed by atoms with Crippen LogP contribution in [0.15, 0.2) is 53.4 Å². The van der Waals surface area contributed by atoms with Gasteiger partial charge in [0, 0.05) is 32.7 Å². The Balaban J connectivity index is 1.51. The first-order valence-electron chi connectivity index (χ1n) is 8.78. The number of hydrogen-bond acceptors (Lipinski definition) is 5. The second-order valence-corrected chi connectivity index (χ2v) is 8.99. The van der Waals surface area contributed by atoms with Crippen LogP contribution in [0.2, 0.25) is 10.0 Å². The Morgan fingerprint density at radius 1 is 0.929 bits per heavy atom. The summed E-state index contributed by atoms with van der Waals surface area (Å²) in [6, 6.07) is 13.4. The molecule has 1 saturated heterocycles. The van der Waals surface area contributed by atoms with E-state index in [9.17, 15) is 13.2 Å². The number of rotatable bonds is 6. The van der Waals surface area contributed by atoms with Gasteiger partial charge >= 0.3 is 5.97 Å². The van der Waals surface area contributed by atoms with Crippen molar-refractivity contribution in [3.8, 4) is 0 Å². The van der Waals surface area contributed by atoms with E-state index in [2.05, 4.69) is 4.90 Å². The predicted molar refractivity (Wildman–Crippen MR) is 108 cm³/mol. The SMILES string of the molecule is O=C(OCCN1CCN(S(=O)(=O)c2c(Cl)cccc2Cl)CC1)c1ccccc1. The molecule has 2 aromatic rings. The van der Waals surface area contributed by atoms with Gasteiger partial charge in [-0.15, -0.1) is 0 Å². The van der Waals surface area contributed by atoms with E-state index in [1.165, 1.54) is 16.4 Å². The second kappa shape index (κ2) is 9.24. The molecule has 0 unspecified atom stereocenters. The third kappa shape index (κ3) is 4.85. The highest BCUT2D eigenvalue weighted by atomic mass is 35.5. The van der Waals surface area contributed by atoms with Gasteiger partial charge in [0.15, 0.2) is 0 Å². The van der Waals surface area contributed by atoms with Gasteiger partial charge in [-0.2, -0.15) is 4.31 Å². The number of carbonyl (C=O) groups excluding carboxylic acids is 1. The van der Waals surface area contributed by atoms with Crippen LogP contribution < -0.4 is 0 Å². The van der Waals surface area contributed by atoms with Crippen LogP contribution in [0, 0.1) is 0 Å². The number of sulfonamides is 1. The minimum Gasteiger partial charge on any atom is -0.461 e. The minimum atomic E-state index is -3.76. The van der Waals surface area contributed by atoms with Crippen LogP contribution in [0.1, 0.15) is 10.4 Å². The van der Waals surface area contributed by atoms with Gasteiger partial charge in [-0.3, -0.25) is 4.90 Å². The third-order valence-electron chi connectivity index (χ3n) is 4.50. The van der Waals surface area contributed by atoms with Gasteiger partial charge in [0.2, 0.25) is 10.0 Å². The molecule has 6 nitrogen and oxygen atoms in total. The van der Waals surface area contributed by atoms with E-state index in [0.717, 1.165) is 0 Å². The summed E-state index contributed by atoms with van der Waals surface area (Å²) in [6.45, 7) is 2.48. The zero-order valence-corrected chi connectivity index (χ0v) is 17.4. The number of piperazine rings is 1.